The molecule has 4 nitrogen and oxygen atoms in total. The summed E-state index contributed by atoms with van der Waals surface area (Å²) in [6.07, 6.45) is 0. The normalized spacial score (nSPS) is 14.6. The Kier molecular flexibility index (Phi) is 6.81. The zero-order valence-corrected chi connectivity index (χ0v) is 17.1. The topological polar surface area (TPSA) is 30.5 Å². The minimum Gasteiger partial charge on any atom is -0.366 e. The maximum atomic E-state index is 5.14. The molecule has 1 heterocycles. The summed E-state index contributed by atoms with van der Waals surface area (Å²) in [7, 11) is 1.42. The molecule has 1 aromatic carbocycles. The first kappa shape index (κ1) is 18.6. The lowest BCUT2D eigenvalue weighted by Gasteiger charge is -2.36. The molecule has 1 aliphatic rings. The second kappa shape index (κ2) is 8.41. The lowest BCUT2D eigenvalue weighted by Crippen LogP contribution is -2.34. The average Bonchev–Trinajstić information content (AvgIpc) is 2.85. The standard InChI is InChI=1S/C16H27N4PS2/c1-12(2)19-14-8-6-7-9-15(14)20(13(3)4)21(19)23-11-10-18-16(22)17-5/h6-9,12-13H,10-11H2,1-5H3,(H2,17,18,22). The van der Waals surface area contributed by atoms with Crippen molar-refractivity contribution in [2.24, 2.45) is 0 Å². The molecule has 0 aromatic heterocycles. The summed E-state index contributed by atoms with van der Waals surface area (Å²) in [6, 6.07) is 9.77. The van der Waals surface area contributed by atoms with Crippen LogP contribution in [-0.4, -0.2) is 36.5 Å². The Bertz CT molecular complexity index is 504. The number of benzene rings is 1. The Morgan fingerprint density at radius 3 is 2.09 bits per heavy atom. The van der Waals surface area contributed by atoms with Crippen molar-refractivity contribution in [3.05, 3.63) is 24.3 Å². The van der Waals surface area contributed by atoms with E-state index in [0.29, 0.717) is 12.1 Å². The Morgan fingerprint density at radius 2 is 1.65 bits per heavy atom. The Morgan fingerprint density at radius 1 is 1.13 bits per heavy atom. The minimum atomic E-state index is -0.433. The number of thiocarbonyl (C=S) groups is 1. The molecule has 0 saturated carbocycles. The molecule has 7 heteroatoms. The molecule has 2 N–H and O–H groups in total. The number of hydrogen-bond acceptors (Lipinski definition) is 4. The zero-order valence-electron chi connectivity index (χ0n) is 14.5. The van der Waals surface area contributed by atoms with Gasteiger partial charge in [-0.1, -0.05) is 23.5 Å². The van der Waals surface area contributed by atoms with E-state index < -0.39 is 7.42 Å². The van der Waals surface area contributed by atoms with E-state index in [4.69, 9.17) is 12.2 Å². The zero-order chi connectivity index (χ0) is 17.0. The van der Waals surface area contributed by atoms with Gasteiger partial charge in [0.1, 0.15) is 0 Å². The maximum absolute atomic E-state index is 5.14. The second-order valence-electron chi connectivity index (χ2n) is 5.96. The first-order valence-corrected chi connectivity index (χ1v) is 11.3. The van der Waals surface area contributed by atoms with Crippen LogP contribution in [0, 0.1) is 0 Å². The molecule has 0 spiro atoms. The van der Waals surface area contributed by atoms with Crippen molar-refractivity contribution < 1.29 is 0 Å². The molecule has 0 fully saturated rings. The quantitative estimate of drug-likeness (QED) is 0.444. The number of nitrogens with one attached hydrogen (secondary N) is 2. The van der Waals surface area contributed by atoms with E-state index in [1.165, 1.54) is 11.4 Å². The molecule has 1 aromatic rings. The monoisotopic (exact) mass is 370 g/mol. The number of anilines is 2. The largest absolute Gasteiger partial charge is 0.366 e. The number of fused-ring (bicyclic) bond motifs is 1. The molecule has 128 valence electrons. The van der Waals surface area contributed by atoms with Gasteiger partial charge >= 0.3 is 0 Å². The van der Waals surface area contributed by atoms with Crippen molar-refractivity contribution in [3.8, 4) is 0 Å². The predicted molar refractivity (Wildman–Crippen MR) is 111 cm³/mol. The third-order valence-electron chi connectivity index (χ3n) is 3.54. The van der Waals surface area contributed by atoms with E-state index in [0.717, 1.165) is 17.4 Å². The van der Waals surface area contributed by atoms with Crippen LogP contribution in [0.15, 0.2) is 24.3 Å². The van der Waals surface area contributed by atoms with Crippen molar-refractivity contribution >= 4 is 47.5 Å². The molecule has 0 aliphatic carbocycles. The van der Waals surface area contributed by atoms with E-state index in [1.807, 2.05) is 18.4 Å². The van der Waals surface area contributed by atoms with Gasteiger partial charge in [0.2, 0.25) is 0 Å². The van der Waals surface area contributed by atoms with Crippen LogP contribution in [0.1, 0.15) is 27.7 Å². The summed E-state index contributed by atoms with van der Waals surface area (Å²) >= 11 is 7.18. The summed E-state index contributed by atoms with van der Waals surface area (Å²) in [5.41, 5.74) is 2.74. The fourth-order valence-corrected chi connectivity index (χ4v) is 8.18. The molecule has 1 aliphatic heterocycles. The SMILES string of the molecule is CNC(=S)NCCSP1N(C(C)C)c2ccccc2N1C(C)C. The number of rotatable bonds is 6. The highest BCUT2D eigenvalue weighted by molar-refractivity contribution is 8.56. The maximum Gasteiger partial charge on any atom is 0.166 e. The Labute approximate surface area is 151 Å². The average molecular weight is 371 g/mol. The van der Waals surface area contributed by atoms with E-state index in [1.54, 1.807) is 0 Å². The summed E-state index contributed by atoms with van der Waals surface area (Å²) < 4.78 is 5.18. The summed E-state index contributed by atoms with van der Waals surface area (Å²) in [6.45, 7) is 10.0. The first-order chi connectivity index (χ1) is 11.0. The molecule has 0 bridgehead atoms. The van der Waals surface area contributed by atoms with E-state index in [2.05, 4.69) is 71.9 Å². The highest BCUT2D eigenvalue weighted by Crippen LogP contribution is 2.67. The predicted octanol–water partition coefficient (Wildman–Crippen LogP) is 4.18. The number of hydrogen-bond donors (Lipinski definition) is 2. The van der Waals surface area contributed by atoms with Gasteiger partial charge in [-0.3, -0.25) is 0 Å². The minimum absolute atomic E-state index is 0.433. The van der Waals surface area contributed by atoms with Crippen LogP contribution in [0.3, 0.4) is 0 Å². The third-order valence-corrected chi connectivity index (χ3v) is 8.90. The van der Waals surface area contributed by atoms with Gasteiger partial charge in [-0.15, -0.1) is 0 Å². The van der Waals surface area contributed by atoms with Gasteiger partial charge in [0.25, 0.3) is 0 Å². The number of para-hydroxylation sites is 2. The molecule has 0 radical (unpaired) electrons. The molecule has 0 amide bonds. The van der Waals surface area contributed by atoms with Gasteiger partial charge in [0.05, 0.1) is 11.4 Å². The lowest BCUT2D eigenvalue weighted by atomic mass is 10.2. The van der Waals surface area contributed by atoms with E-state index in [-0.39, 0.29) is 0 Å². The fraction of sp³-hybridized carbons (Fsp3) is 0.562. The van der Waals surface area contributed by atoms with E-state index >= 15 is 0 Å². The molecule has 0 atom stereocenters. The van der Waals surface area contributed by atoms with Gasteiger partial charge in [-0.2, -0.15) is 0 Å². The smallest absolute Gasteiger partial charge is 0.166 e. The van der Waals surface area contributed by atoms with Crippen molar-refractivity contribution in [2.75, 3.05) is 28.7 Å². The van der Waals surface area contributed by atoms with Crippen LogP contribution in [0.5, 0.6) is 0 Å². The molecular formula is C16H27N4PS2. The highest BCUT2D eigenvalue weighted by Gasteiger charge is 2.39. The van der Waals surface area contributed by atoms with Crippen molar-refractivity contribution in [3.63, 3.8) is 0 Å². The van der Waals surface area contributed by atoms with E-state index in [9.17, 15) is 0 Å². The van der Waals surface area contributed by atoms with Gasteiger partial charge in [0.15, 0.2) is 12.5 Å². The van der Waals surface area contributed by atoms with Crippen LogP contribution in [0.2, 0.25) is 0 Å². The first-order valence-electron chi connectivity index (χ1n) is 8.03. The number of nitrogens with zero attached hydrogens (tertiary/aromatic N) is 2. The molecule has 23 heavy (non-hydrogen) atoms. The summed E-state index contributed by atoms with van der Waals surface area (Å²) in [5, 5.41) is 6.91. The van der Waals surface area contributed by atoms with Crippen molar-refractivity contribution in [2.45, 2.75) is 39.8 Å². The van der Waals surface area contributed by atoms with Crippen molar-refractivity contribution in [1.82, 2.24) is 10.6 Å². The molecule has 0 unspecified atom stereocenters. The highest BCUT2D eigenvalue weighted by atomic mass is 32.7. The molecular weight excluding hydrogens is 343 g/mol. The Hall–Kier alpha value is -0.710. The van der Waals surface area contributed by atoms with Gasteiger partial charge in [-0.25, -0.2) is 0 Å². The second-order valence-corrected chi connectivity index (χ2v) is 10.2. The van der Waals surface area contributed by atoms with Crippen molar-refractivity contribution in [1.29, 1.82) is 0 Å². The lowest BCUT2D eigenvalue weighted by molar-refractivity contribution is 0.824. The van der Waals surface area contributed by atoms with Gasteiger partial charge in [0, 0.05) is 31.4 Å². The van der Waals surface area contributed by atoms with Crippen LogP contribution in [0.25, 0.3) is 0 Å². The van der Waals surface area contributed by atoms with Crippen LogP contribution in [0.4, 0.5) is 11.4 Å². The molecule has 2 rings (SSSR count). The third kappa shape index (κ3) is 4.23. The van der Waals surface area contributed by atoms with Crippen LogP contribution in [-0.2, 0) is 0 Å². The van der Waals surface area contributed by atoms with Gasteiger partial charge < -0.3 is 20.0 Å². The summed E-state index contributed by atoms with van der Waals surface area (Å²) in [5.74, 6) is 1.04. The fourth-order valence-electron chi connectivity index (χ4n) is 2.60. The molecule has 0 saturated heterocycles. The Balaban J connectivity index is 2.13. The van der Waals surface area contributed by atoms with Crippen LogP contribution >= 0.6 is 31.0 Å². The van der Waals surface area contributed by atoms with Gasteiger partial charge in [-0.05, 0) is 52.0 Å². The van der Waals surface area contributed by atoms with Crippen LogP contribution < -0.4 is 20.0 Å². The summed E-state index contributed by atoms with van der Waals surface area (Å²) in [4.78, 5) is 0.